The predicted molar refractivity (Wildman–Crippen MR) is 464 cm³/mol. The van der Waals surface area contributed by atoms with Crippen LogP contribution in [0.2, 0.25) is 0 Å². The van der Waals surface area contributed by atoms with E-state index in [1.165, 1.54) is 98.8 Å². The first-order valence-electron chi connectivity index (χ1n) is 38.5. The van der Waals surface area contributed by atoms with E-state index in [1.807, 2.05) is 0 Å². The Kier molecular flexibility index (Phi) is 26.8. The van der Waals surface area contributed by atoms with Gasteiger partial charge in [0, 0.05) is 6.42 Å². The molecule has 12 aromatic heterocycles. The van der Waals surface area contributed by atoms with Gasteiger partial charge >= 0.3 is 40.4 Å². The van der Waals surface area contributed by atoms with E-state index in [0.717, 1.165) is 0 Å². The van der Waals surface area contributed by atoms with Crippen molar-refractivity contribution in [1.82, 2.24) is 117 Å². The summed E-state index contributed by atoms with van der Waals surface area (Å²) in [6.45, 7) is -24.8. The lowest BCUT2D eigenvalue weighted by atomic mass is 10.1. The molecule has 0 radical (unpaired) electrons. The van der Waals surface area contributed by atoms with Crippen LogP contribution in [0.1, 0.15) is 62.6 Å². The summed E-state index contributed by atoms with van der Waals surface area (Å²) >= 11 is 30.2. The van der Waals surface area contributed by atoms with Crippen LogP contribution in [0, 0.1) is 13.8 Å². The number of aryl methyl sites for hydroxylation is 2. The lowest BCUT2D eigenvalue weighted by Crippen LogP contribution is -2.36. The van der Waals surface area contributed by atoms with Crippen molar-refractivity contribution in [3.8, 4) is 0 Å². The molecule has 0 aliphatic carbocycles. The zero-order valence-corrected chi connectivity index (χ0v) is 76.7. The minimum Gasteiger partial charge on any atom is -0.386 e. The summed E-state index contributed by atoms with van der Waals surface area (Å²) in [4.78, 5) is 129. The third kappa shape index (κ3) is 18.7. The molecular weight excluding hydrogens is 2000 g/mol. The van der Waals surface area contributed by atoms with Crippen LogP contribution in [0.15, 0.2) is 75.9 Å². The maximum atomic E-state index is 16.0. The number of rotatable bonds is 6. The van der Waals surface area contributed by atoms with Gasteiger partial charge in [-0.3, -0.25) is 59.1 Å². The normalized spacial score (nSPS) is 37.6. The van der Waals surface area contributed by atoms with Gasteiger partial charge in [0.2, 0.25) is 0 Å². The number of nitrogen functional groups attached to an aromatic ring is 4. The van der Waals surface area contributed by atoms with E-state index >= 15 is 17.6 Å². The number of aromatic nitrogens is 24. The van der Waals surface area contributed by atoms with Crippen molar-refractivity contribution in [3.05, 3.63) is 87.3 Å². The van der Waals surface area contributed by atoms with Gasteiger partial charge in [-0.2, -0.15) is 0 Å². The molecule has 6 bridgehead atoms. The molecule has 0 saturated carbocycles. The Morgan fingerprint density at radius 2 is 0.621 bits per heavy atom. The third-order valence-corrected chi connectivity index (χ3v) is 31.2. The zero-order chi connectivity index (χ0) is 92.0. The van der Waals surface area contributed by atoms with Crippen LogP contribution in [0.4, 0.5) is 40.8 Å². The molecule has 0 aromatic carbocycles. The molecule has 710 valence electrons. The Balaban J connectivity index is 0.000000132. The molecule has 9 aliphatic heterocycles. The number of nitrogens with zero attached hydrogens (tertiary/aromatic N) is 24. The minimum absolute atomic E-state index is 0. The number of aliphatic hydroxyl groups is 1. The molecule has 9 aliphatic rings. The summed E-state index contributed by atoms with van der Waals surface area (Å²) in [7, 11) is 0. The summed E-state index contributed by atoms with van der Waals surface area (Å²) in [5, 5.41) is 11.3. The number of nitrogens with two attached hydrogens (primary N) is 4. The maximum Gasteiger partial charge on any atom is 0.386 e. The summed E-state index contributed by atoms with van der Waals surface area (Å²) < 4.78 is 188. The SMILES string of the molecule is C.Cc1ncnc2c1ncn2[C@@H]1O[C@@H]2COP(O)(=S)O[C@H]3[C@@H](F)[C@H](n4cnc5c(N)ncnc54)O[C@@H]3COP(=O)(S)O[C@@H]1C2.Cc1ncnc2c1ncn2[C@@H]1O[C@@H]2COP(O)(=S)O[C@H]3[C@@H](O)[C@H](n4cnc5c(N)ncnc54)O[C@@H]3COP(O)(=S)O[C@@H]1[C@@H]2F.Nc1ncnc2c1ncn2[C@@H]1O[C@@H]2COP(O)(=S)O[C@@H]3[C@H](F)[C@@H](COP(O)(=S)O[C@H]2[C@H]1F)O[C@H]3n1cnc2c(N)ncnc21. The number of aliphatic hydroxyl groups excluding tert-OH is 1. The Hall–Kier alpha value is -6.91. The average Bonchev–Trinajstić information content (AvgIpc) is 1.62. The first kappa shape index (κ1) is 95.4. The second-order valence-electron chi connectivity index (χ2n) is 30.0. The molecule has 21 heterocycles. The monoisotopic (exact) mass is 2080 g/mol. The van der Waals surface area contributed by atoms with Crippen molar-refractivity contribution in [3.63, 3.8) is 0 Å². The largest absolute Gasteiger partial charge is 0.386 e. The fourth-order valence-corrected chi connectivity index (χ4v) is 24.4. The molecule has 132 heavy (non-hydrogen) atoms. The molecule has 0 spiro atoms. The van der Waals surface area contributed by atoms with Crippen LogP contribution >= 0.6 is 52.6 Å². The first-order valence-corrected chi connectivity index (χ1v) is 54.1. The highest BCUT2D eigenvalue weighted by atomic mass is 32.7. The zero-order valence-electron chi connectivity index (χ0n) is 66.3. The topological polar surface area (TPSA) is 670 Å². The lowest BCUT2D eigenvalue weighted by Gasteiger charge is -2.28. The second kappa shape index (κ2) is 37.1. The van der Waals surface area contributed by atoms with E-state index in [2.05, 4.69) is 102 Å². The smallest absolute Gasteiger partial charge is 0.386 e. The van der Waals surface area contributed by atoms with Gasteiger partial charge in [0.1, 0.15) is 144 Å². The molecule has 9 saturated heterocycles. The summed E-state index contributed by atoms with van der Waals surface area (Å²) in [6.07, 6.45) is -16.9. The summed E-state index contributed by atoms with van der Waals surface area (Å²) in [5.41, 5.74) is 28.1. The number of fused-ring (bicyclic) bond motifs is 15. The molecule has 14 N–H and O–H groups in total. The van der Waals surface area contributed by atoms with E-state index in [4.69, 9.17) is 165 Å². The number of imidazole rings is 6. The van der Waals surface area contributed by atoms with Crippen molar-refractivity contribution in [2.24, 2.45) is 0 Å². The Bertz CT molecular complexity index is 6450. The van der Waals surface area contributed by atoms with E-state index in [-0.39, 0.29) is 88.4 Å². The van der Waals surface area contributed by atoms with E-state index in [9.17, 15) is 34.1 Å². The number of hydrogen-bond acceptors (Lipinski definition) is 47. The van der Waals surface area contributed by atoms with Crippen molar-refractivity contribution in [2.75, 3.05) is 62.6 Å². The van der Waals surface area contributed by atoms with Gasteiger partial charge in [-0.1, -0.05) is 19.7 Å². The van der Waals surface area contributed by atoms with Gasteiger partial charge in [0.25, 0.3) is 0 Å². The maximum absolute atomic E-state index is 16.0. The highest BCUT2D eigenvalue weighted by Crippen LogP contribution is 2.61. The number of ether oxygens (including phenoxy) is 6. The average molecular weight is 2080 g/mol. The van der Waals surface area contributed by atoms with Gasteiger partial charge < -0.3 is 104 Å². The fourth-order valence-electron chi connectivity index (χ4n) is 15.7. The van der Waals surface area contributed by atoms with Gasteiger partial charge in [-0.25, -0.2) is 112 Å². The third-order valence-electron chi connectivity index (χ3n) is 21.8. The predicted octanol–water partition coefficient (Wildman–Crippen LogP) is 3.64. The van der Waals surface area contributed by atoms with Crippen molar-refractivity contribution in [2.45, 2.75) is 169 Å². The van der Waals surface area contributed by atoms with Crippen LogP contribution in [0.25, 0.3) is 67.0 Å². The van der Waals surface area contributed by atoms with E-state index in [0.29, 0.717) is 33.7 Å². The molecule has 0 amide bonds. The summed E-state index contributed by atoms with van der Waals surface area (Å²) in [5.74, 6) is 0.316. The van der Waals surface area contributed by atoms with Crippen LogP contribution < -0.4 is 22.9 Å². The molecule has 21 rings (SSSR count). The van der Waals surface area contributed by atoms with Gasteiger partial charge in [-0.05, 0) is 72.9 Å². The Morgan fingerprint density at radius 1 is 0.341 bits per heavy atom. The molecular formula is C63H74F4N28O25P6S6. The van der Waals surface area contributed by atoms with Crippen LogP contribution in [0.5, 0.6) is 0 Å². The van der Waals surface area contributed by atoms with Crippen LogP contribution in [-0.4, -0.2) is 290 Å². The molecule has 69 heteroatoms. The summed E-state index contributed by atoms with van der Waals surface area (Å²) in [6, 6.07) is 0. The minimum atomic E-state index is -4.28. The second-order valence-corrected chi connectivity index (χ2v) is 46.8. The highest BCUT2D eigenvalue weighted by Gasteiger charge is 2.58. The molecule has 29 atom stereocenters. The number of hydrogen-bond donors (Lipinski definition) is 11. The first-order chi connectivity index (χ1) is 62.3. The van der Waals surface area contributed by atoms with E-state index < -0.39 is 215 Å². The van der Waals surface area contributed by atoms with Crippen LogP contribution in [-0.2, 0) is 146 Å². The van der Waals surface area contributed by atoms with Gasteiger partial charge in [0.05, 0.1) is 95.1 Å². The van der Waals surface area contributed by atoms with Crippen molar-refractivity contribution in [1.29, 1.82) is 0 Å². The van der Waals surface area contributed by atoms with Gasteiger partial charge in [-0.15, -0.1) is 0 Å². The molecule has 53 nitrogen and oxygen atoms in total. The van der Waals surface area contributed by atoms with Crippen molar-refractivity contribution < 1.29 is 134 Å². The number of halogens is 4. The fraction of sp³-hybridized carbons (Fsp3) is 0.524. The lowest BCUT2D eigenvalue weighted by molar-refractivity contribution is -0.0604. The Labute approximate surface area is 767 Å². The number of anilines is 4. The quantitative estimate of drug-likeness (QED) is 0.0643. The van der Waals surface area contributed by atoms with Gasteiger partial charge in [0.15, 0.2) is 119 Å². The molecule has 6 unspecified atom stereocenters. The molecule has 12 aromatic rings. The molecule has 9 fully saturated rings. The van der Waals surface area contributed by atoms with E-state index in [1.54, 1.807) is 18.4 Å². The Morgan fingerprint density at radius 3 is 1.01 bits per heavy atom. The highest BCUT2D eigenvalue weighted by molar-refractivity contribution is 8.44. The van der Waals surface area contributed by atoms with Crippen molar-refractivity contribution >= 4 is 202 Å². The van der Waals surface area contributed by atoms with Crippen LogP contribution in [0.3, 0.4) is 0 Å². The number of thiol groups is 1. The standard InChI is InChI=1S/C21H24FN9O9P2S2.C21H24FN9O8P2S2.C20H22F2N10O8P2S2.CH4/c1-8-12-18(26-4-24-8)31(6-28-12)21-16-11(22)9(37-21)2-35-41(33,43)39-15-10(3-36-42(34,44)40-16)38-20(14(15)32)30-7-29-13-17(23)25-5-27-19(13)30;1-9-14-18(26-5-24-9)30(7-28-14)20-11-2-10(36-20)3-34-41(33,43)39-16-12(4-35-40(32,42)38-11)37-21(13(16)22)31-8-29-15-17(23)25-6-27-19(15)31;21-9-7-1-35-41(33,43)39-13-8(38-19(10(13)22)31-5-29-11-15(23)25-3-27-17(11)31)2-36-42(34,44)40-14(9)20(37-7)32-6-30-12-16(24)26-4-28-18(12)32;/h4-7,9-11,14-16,20-21,32H,2-3H2,1H3,(H,33,43)(H,34,44)(H2,23,25,27);5-8,10-13,16,20-21H,2-4H2,1H3,(H,32,42)(H,33,43)(H2,23,25,27);3-10,13-14,19-20H,1-2H2,(H,33,43)(H,34,44)(H2,23,25,27)(H2,24,26,28);1H4/t9-,10-,11-,14-,15-,16-,20-,21-,41?,42?;10-,11+,12+,13+,16+,20+,21+,40?,41?;7-,8-,9-,10-,13-,14-,19-,20-,41?,42?;/m101./s1. The number of alkyl halides is 4.